The maximum absolute atomic E-state index is 12.5. The lowest BCUT2D eigenvalue weighted by atomic mass is 10.1. The van der Waals surface area contributed by atoms with Crippen LogP contribution in [0.25, 0.3) is 0 Å². The number of hydrogen-bond acceptors (Lipinski definition) is 4. The van der Waals surface area contributed by atoms with Gasteiger partial charge in [-0.05, 0) is 25.5 Å². The van der Waals surface area contributed by atoms with Gasteiger partial charge in [-0.1, -0.05) is 29.8 Å². The molecule has 1 aromatic carbocycles. The minimum absolute atomic E-state index is 0.0204. The highest BCUT2D eigenvalue weighted by atomic mass is 16.5. The third-order valence-electron chi connectivity index (χ3n) is 3.12. The molecular formula is C16H19N3O3. The summed E-state index contributed by atoms with van der Waals surface area (Å²) in [6.45, 7) is 4.42. The lowest BCUT2D eigenvalue weighted by Gasteiger charge is -2.21. The highest BCUT2D eigenvalue weighted by Gasteiger charge is 2.18. The molecule has 22 heavy (non-hydrogen) atoms. The Balaban J connectivity index is 2.03. The van der Waals surface area contributed by atoms with Crippen molar-refractivity contribution < 1.29 is 14.1 Å². The highest BCUT2D eigenvalue weighted by molar-refractivity contribution is 5.99. The van der Waals surface area contributed by atoms with Crippen molar-refractivity contribution in [2.45, 2.75) is 20.3 Å². The zero-order valence-corrected chi connectivity index (χ0v) is 12.7. The maximum Gasteiger partial charge on any atom is 0.254 e. The Morgan fingerprint density at radius 1 is 1.23 bits per heavy atom. The summed E-state index contributed by atoms with van der Waals surface area (Å²) < 4.78 is 4.65. The highest BCUT2D eigenvalue weighted by Crippen LogP contribution is 2.09. The summed E-state index contributed by atoms with van der Waals surface area (Å²) in [5.74, 6) is -0.121. The van der Waals surface area contributed by atoms with Gasteiger partial charge in [0.25, 0.3) is 5.91 Å². The Bertz CT molecular complexity index is 621. The molecule has 0 radical (unpaired) electrons. The summed E-state index contributed by atoms with van der Waals surface area (Å²) in [7, 11) is 0. The number of nitrogens with zero attached hydrogens (tertiary/aromatic N) is 2. The molecule has 1 N–H and O–H groups in total. The number of anilines is 1. The molecule has 116 valence electrons. The van der Waals surface area contributed by atoms with Gasteiger partial charge in [0.2, 0.25) is 5.91 Å². The van der Waals surface area contributed by atoms with E-state index in [0.717, 1.165) is 12.0 Å². The number of carbonyl (C=O) groups is 2. The summed E-state index contributed by atoms with van der Waals surface area (Å²) in [4.78, 5) is 26.0. The monoisotopic (exact) mass is 301 g/mol. The number of aromatic nitrogens is 1. The molecule has 0 aliphatic carbocycles. The number of hydrogen-bond donors (Lipinski definition) is 1. The van der Waals surface area contributed by atoms with Crippen LogP contribution in [0.2, 0.25) is 0 Å². The molecule has 0 aliphatic rings. The number of carbonyl (C=O) groups excluding carboxylic acids is 2. The molecule has 0 atom stereocenters. The van der Waals surface area contributed by atoms with Gasteiger partial charge in [-0.2, -0.15) is 0 Å². The van der Waals surface area contributed by atoms with E-state index in [1.54, 1.807) is 18.2 Å². The van der Waals surface area contributed by atoms with Crippen LogP contribution in [-0.4, -0.2) is 35.0 Å². The average Bonchev–Trinajstić information content (AvgIpc) is 2.99. The van der Waals surface area contributed by atoms with Crippen molar-refractivity contribution in [3.05, 3.63) is 47.7 Å². The first-order valence-electron chi connectivity index (χ1n) is 7.16. The van der Waals surface area contributed by atoms with Crippen LogP contribution in [-0.2, 0) is 4.79 Å². The van der Waals surface area contributed by atoms with Gasteiger partial charge in [0.05, 0.1) is 0 Å². The minimum atomic E-state index is -0.303. The van der Waals surface area contributed by atoms with Crippen LogP contribution in [0, 0.1) is 6.92 Å². The molecule has 0 aliphatic heterocycles. The Kier molecular flexibility index (Phi) is 5.30. The molecule has 1 aromatic heterocycles. The van der Waals surface area contributed by atoms with Crippen molar-refractivity contribution in [2.75, 3.05) is 18.4 Å². The second-order valence-corrected chi connectivity index (χ2v) is 5.03. The van der Waals surface area contributed by atoms with Crippen molar-refractivity contribution in [2.24, 2.45) is 0 Å². The van der Waals surface area contributed by atoms with Crippen molar-refractivity contribution in [1.29, 1.82) is 0 Å². The van der Waals surface area contributed by atoms with Crippen molar-refractivity contribution in [3.8, 4) is 0 Å². The Morgan fingerprint density at radius 3 is 2.55 bits per heavy atom. The normalized spacial score (nSPS) is 10.3. The predicted molar refractivity (Wildman–Crippen MR) is 82.5 cm³/mol. The van der Waals surface area contributed by atoms with Crippen LogP contribution in [0.15, 0.2) is 41.1 Å². The lowest BCUT2D eigenvalue weighted by molar-refractivity contribution is -0.116. The topological polar surface area (TPSA) is 75.4 Å². The van der Waals surface area contributed by atoms with Crippen LogP contribution >= 0.6 is 0 Å². The van der Waals surface area contributed by atoms with E-state index in [9.17, 15) is 9.59 Å². The predicted octanol–water partition coefficient (Wildman–Crippen LogP) is 2.47. The third-order valence-corrected chi connectivity index (χ3v) is 3.12. The van der Waals surface area contributed by atoms with Crippen LogP contribution in [0.1, 0.15) is 29.3 Å². The fourth-order valence-electron chi connectivity index (χ4n) is 2.03. The summed E-state index contributed by atoms with van der Waals surface area (Å²) in [5, 5.41) is 6.20. The summed E-state index contributed by atoms with van der Waals surface area (Å²) in [6.07, 6.45) is 2.14. The first-order valence-corrected chi connectivity index (χ1v) is 7.16. The number of rotatable bonds is 6. The molecule has 0 spiro atoms. The van der Waals surface area contributed by atoms with Gasteiger partial charge in [-0.3, -0.25) is 9.59 Å². The van der Waals surface area contributed by atoms with E-state index in [1.165, 1.54) is 11.2 Å². The molecule has 0 unspecified atom stereocenters. The summed E-state index contributed by atoms with van der Waals surface area (Å²) >= 11 is 0. The Hall–Kier alpha value is -2.63. The van der Waals surface area contributed by atoms with E-state index >= 15 is 0 Å². The summed E-state index contributed by atoms with van der Waals surface area (Å²) in [5.41, 5.74) is 1.66. The molecule has 1 heterocycles. The van der Waals surface area contributed by atoms with Gasteiger partial charge >= 0.3 is 0 Å². The van der Waals surface area contributed by atoms with Gasteiger partial charge in [-0.25, -0.2) is 0 Å². The molecule has 2 amide bonds. The lowest BCUT2D eigenvalue weighted by Crippen LogP contribution is -2.38. The van der Waals surface area contributed by atoms with Crippen LogP contribution < -0.4 is 5.32 Å². The van der Waals surface area contributed by atoms with Crippen LogP contribution in [0.4, 0.5) is 5.82 Å². The second-order valence-electron chi connectivity index (χ2n) is 5.03. The molecule has 2 aromatic rings. The van der Waals surface area contributed by atoms with Gasteiger partial charge in [-0.15, -0.1) is 0 Å². The molecule has 6 heteroatoms. The van der Waals surface area contributed by atoms with Gasteiger partial charge in [0.15, 0.2) is 5.82 Å². The fourth-order valence-corrected chi connectivity index (χ4v) is 2.03. The standard InChI is InChI=1S/C16H19N3O3/c1-3-9-19(11-15(20)17-14-8-10-22-18-14)16(21)13-6-4-12(2)5-7-13/h4-8,10H,3,9,11H2,1-2H3,(H,17,18,20). The Morgan fingerprint density at radius 2 is 1.95 bits per heavy atom. The summed E-state index contributed by atoms with van der Waals surface area (Å²) in [6, 6.07) is 8.86. The molecule has 0 fully saturated rings. The zero-order valence-electron chi connectivity index (χ0n) is 12.7. The maximum atomic E-state index is 12.5. The number of aryl methyl sites for hydroxylation is 1. The zero-order chi connectivity index (χ0) is 15.9. The molecular weight excluding hydrogens is 282 g/mol. The van der Waals surface area contributed by atoms with E-state index in [0.29, 0.717) is 17.9 Å². The first-order chi connectivity index (χ1) is 10.6. The molecule has 2 rings (SSSR count). The first kappa shape index (κ1) is 15.8. The average molecular weight is 301 g/mol. The van der Waals surface area contributed by atoms with Crippen LogP contribution in [0.5, 0.6) is 0 Å². The van der Waals surface area contributed by atoms with Gasteiger partial charge < -0.3 is 14.7 Å². The SMILES string of the molecule is CCCN(CC(=O)Nc1ccon1)C(=O)c1ccc(C)cc1. The second kappa shape index (κ2) is 7.40. The van der Waals surface area contributed by atoms with E-state index in [4.69, 9.17) is 0 Å². The number of amides is 2. The third kappa shape index (κ3) is 4.18. The van der Waals surface area contributed by atoms with Gasteiger partial charge in [0, 0.05) is 18.2 Å². The largest absolute Gasteiger partial charge is 0.363 e. The minimum Gasteiger partial charge on any atom is -0.363 e. The van der Waals surface area contributed by atoms with Crippen molar-refractivity contribution >= 4 is 17.6 Å². The van der Waals surface area contributed by atoms with Gasteiger partial charge in [0.1, 0.15) is 12.8 Å². The Labute approximate surface area is 129 Å². The molecule has 6 nitrogen and oxygen atoms in total. The molecule has 0 saturated heterocycles. The van der Waals surface area contributed by atoms with Crippen LogP contribution in [0.3, 0.4) is 0 Å². The quantitative estimate of drug-likeness (QED) is 0.889. The fraction of sp³-hybridized carbons (Fsp3) is 0.312. The number of benzene rings is 1. The van der Waals surface area contributed by atoms with Crippen molar-refractivity contribution in [3.63, 3.8) is 0 Å². The van der Waals surface area contributed by atoms with E-state index in [-0.39, 0.29) is 18.4 Å². The van der Waals surface area contributed by atoms with Crippen molar-refractivity contribution in [1.82, 2.24) is 10.1 Å². The van der Waals surface area contributed by atoms with E-state index < -0.39 is 0 Å². The number of nitrogens with one attached hydrogen (secondary N) is 1. The molecule has 0 saturated carbocycles. The van der Waals surface area contributed by atoms with E-state index in [1.807, 2.05) is 26.0 Å². The smallest absolute Gasteiger partial charge is 0.254 e. The molecule has 0 bridgehead atoms. The van der Waals surface area contributed by atoms with E-state index in [2.05, 4.69) is 15.0 Å².